The van der Waals surface area contributed by atoms with Crippen LogP contribution in [-0.4, -0.2) is 20.2 Å². The third-order valence-corrected chi connectivity index (χ3v) is 4.14. The van der Waals surface area contributed by atoms with Crippen LogP contribution in [0.2, 0.25) is 0 Å². The van der Waals surface area contributed by atoms with Crippen molar-refractivity contribution < 1.29 is 4.74 Å². The minimum atomic E-state index is 0.691. The van der Waals surface area contributed by atoms with E-state index in [9.17, 15) is 0 Å². The summed E-state index contributed by atoms with van der Waals surface area (Å²) >= 11 is 0. The standard InChI is InChI=1S/C19H33NO/c1-6-8-16(4)18(14-20-13-15(2)3)11-17-9-7-10-19(12-17)21-5/h7,9-10,12,15-16,18,20H,6,8,11,13-14H2,1-5H3. The molecular formula is C19H33NO. The number of hydrogen-bond donors (Lipinski definition) is 1. The Morgan fingerprint density at radius 2 is 1.90 bits per heavy atom. The van der Waals surface area contributed by atoms with E-state index in [1.165, 1.54) is 18.4 Å². The molecule has 0 saturated carbocycles. The Morgan fingerprint density at radius 3 is 2.52 bits per heavy atom. The molecule has 2 heteroatoms. The van der Waals surface area contributed by atoms with E-state index < -0.39 is 0 Å². The first-order valence-electron chi connectivity index (χ1n) is 8.40. The SMILES string of the molecule is CCCC(C)C(CNCC(C)C)Cc1cccc(OC)c1. The molecule has 0 aliphatic heterocycles. The fourth-order valence-corrected chi connectivity index (χ4v) is 2.83. The number of ether oxygens (including phenoxy) is 1. The van der Waals surface area contributed by atoms with Crippen molar-refractivity contribution >= 4 is 0 Å². The van der Waals surface area contributed by atoms with Crippen LogP contribution in [0, 0.1) is 17.8 Å². The number of benzene rings is 1. The topological polar surface area (TPSA) is 21.3 Å². The lowest BCUT2D eigenvalue weighted by Gasteiger charge is -2.25. The lowest BCUT2D eigenvalue weighted by atomic mass is 9.85. The Morgan fingerprint density at radius 1 is 1.14 bits per heavy atom. The van der Waals surface area contributed by atoms with Crippen LogP contribution in [0.3, 0.4) is 0 Å². The molecule has 0 spiro atoms. The molecule has 0 bridgehead atoms. The first-order valence-corrected chi connectivity index (χ1v) is 8.40. The van der Waals surface area contributed by atoms with Crippen molar-refractivity contribution in [1.82, 2.24) is 5.32 Å². The maximum Gasteiger partial charge on any atom is 0.119 e. The lowest BCUT2D eigenvalue weighted by Crippen LogP contribution is -2.31. The van der Waals surface area contributed by atoms with Gasteiger partial charge in [-0.25, -0.2) is 0 Å². The monoisotopic (exact) mass is 291 g/mol. The summed E-state index contributed by atoms with van der Waals surface area (Å²) in [5, 5.41) is 3.64. The molecule has 2 nitrogen and oxygen atoms in total. The molecule has 21 heavy (non-hydrogen) atoms. The lowest BCUT2D eigenvalue weighted by molar-refractivity contribution is 0.313. The molecule has 0 amide bonds. The van der Waals surface area contributed by atoms with Crippen molar-refractivity contribution in [1.29, 1.82) is 0 Å². The Kier molecular flexibility index (Phi) is 8.44. The van der Waals surface area contributed by atoms with Gasteiger partial charge in [0.2, 0.25) is 0 Å². The Hall–Kier alpha value is -1.02. The molecule has 0 saturated heterocycles. The zero-order valence-corrected chi connectivity index (χ0v) is 14.5. The fraction of sp³-hybridized carbons (Fsp3) is 0.684. The first kappa shape index (κ1) is 18.0. The minimum absolute atomic E-state index is 0.691. The van der Waals surface area contributed by atoms with Gasteiger partial charge in [-0.05, 0) is 55.0 Å². The summed E-state index contributed by atoms with van der Waals surface area (Å²) in [6, 6.07) is 8.51. The average Bonchev–Trinajstić information content (AvgIpc) is 2.46. The highest BCUT2D eigenvalue weighted by Crippen LogP contribution is 2.23. The second kappa shape index (κ2) is 9.83. The molecule has 1 rings (SSSR count). The van der Waals surface area contributed by atoms with Gasteiger partial charge in [0.15, 0.2) is 0 Å². The normalized spacial score (nSPS) is 14.2. The van der Waals surface area contributed by atoms with Crippen molar-refractivity contribution in [2.24, 2.45) is 17.8 Å². The van der Waals surface area contributed by atoms with Gasteiger partial charge >= 0.3 is 0 Å². The molecule has 0 radical (unpaired) electrons. The van der Waals surface area contributed by atoms with Gasteiger partial charge in [0.25, 0.3) is 0 Å². The highest BCUT2D eigenvalue weighted by atomic mass is 16.5. The van der Waals surface area contributed by atoms with Crippen molar-refractivity contribution in [2.45, 2.75) is 47.0 Å². The van der Waals surface area contributed by atoms with Crippen molar-refractivity contribution in [3.05, 3.63) is 29.8 Å². The Labute approximate surface area is 131 Å². The van der Waals surface area contributed by atoms with Crippen LogP contribution >= 0.6 is 0 Å². The van der Waals surface area contributed by atoms with E-state index in [0.29, 0.717) is 11.8 Å². The van der Waals surface area contributed by atoms with Crippen LogP contribution in [0.1, 0.15) is 46.1 Å². The van der Waals surface area contributed by atoms with Crippen LogP contribution in [0.15, 0.2) is 24.3 Å². The molecule has 2 unspecified atom stereocenters. The summed E-state index contributed by atoms with van der Waals surface area (Å²) in [6.07, 6.45) is 3.70. The molecule has 2 atom stereocenters. The smallest absolute Gasteiger partial charge is 0.119 e. The molecule has 0 heterocycles. The number of rotatable bonds is 10. The predicted octanol–water partition coefficient (Wildman–Crippen LogP) is 4.54. The Bertz CT molecular complexity index is 389. The number of hydrogen-bond acceptors (Lipinski definition) is 2. The van der Waals surface area contributed by atoms with Crippen molar-refractivity contribution in [3.8, 4) is 5.75 Å². The third kappa shape index (κ3) is 6.99. The van der Waals surface area contributed by atoms with Gasteiger partial charge in [-0.3, -0.25) is 0 Å². The van der Waals surface area contributed by atoms with Crippen molar-refractivity contribution in [2.75, 3.05) is 20.2 Å². The highest BCUT2D eigenvalue weighted by Gasteiger charge is 2.17. The van der Waals surface area contributed by atoms with Gasteiger partial charge in [-0.1, -0.05) is 52.7 Å². The second-order valence-electron chi connectivity index (χ2n) is 6.63. The Balaban J connectivity index is 2.65. The predicted molar refractivity (Wildman–Crippen MR) is 92.0 cm³/mol. The van der Waals surface area contributed by atoms with Crippen LogP contribution in [-0.2, 0) is 6.42 Å². The van der Waals surface area contributed by atoms with Crippen LogP contribution in [0.4, 0.5) is 0 Å². The van der Waals surface area contributed by atoms with Crippen LogP contribution in [0.5, 0.6) is 5.75 Å². The first-order chi connectivity index (χ1) is 10.1. The molecule has 0 fully saturated rings. The summed E-state index contributed by atoms with van der Waals surface area (Å²) < 4.78 is 5.34. The van der Waals surface area contributed by atoms with Crippen molar-refractivity contribution in [3.63, 3.8) is 0 Å². The molecule has 0 aromatic heterocycles. The van der Waals surface area contributed by atoms with E-state index in [1.54, 1.807) is 7.11 Å². The molecule has 1 N–H and O–H groups in total. The molecule has 0 aliphatic rings. The maximum absolute atomic E-state index is 5.34. The van der Waals surface area contributed by atoms with E-state index in [0.717, 1.165) is 31.2 Å². The summed E-state index contributed by atoms with van der Waals surface area (Å²) in [5.74, 6) is 3.12. The van der Waals surface area contributed by atoms with Gasteiger partial charge in [0, 0.05) is 0 Å². The molecular weight excluding hydrogens is 258 g/mol. The van der Waals surface area contributed by atoms with Gasteiger partial charge in [0.1, 0.15) is 5.75 Å². The molecule has 0 aliphatic carbocycles. The van der Waals surface area contributed by atoms with Gasteiger partial charge in [0.05, 0.1) is 7.11 Å². The number of methoxy groups -OCH3 is 1. The van der Waals surface area contributed by atoms with E-state index in [2.05, 4.69) is 51.2 Å². The maximum atomic E-state index is 5.34. The van der Waals surface area contributed by atoms with Crippen LogP contribution < -0.4 is 10.1 Å². The van der Waals surface area contributed by atoms with E-state index in [4.69, 9.17) is 4.74 Å². The molecule has 1 aromatic rings. The summed E-state index contributed by atoms with van der Waals surface area (Å²) in [7, 11) is 1.74. The van der Waals surface area contributed by atoms with Gasteiger partial charge < -0.3 is 10.1 Å². The van der Waals surface area contributed by atoms with E-state index >= 15 is 0 Å². The zero-order valence-electron chi connectivity index (χ0n) is 14.5. The van der Waals surface area contributed by atoms with E-state index in [-0.39, 0.29) is 0 Å². The highest BCUT2D eigenvalue weighted by molar-refractivity contribution is 5.28. The summed E-state index contributed by atoms with van der Waals surface area (Å²) in [4.78, 5) is 0. The second-order valence-corrected chi connectivity index (χ2v) is 6.63. The fourth-order valence-electron chi connectivity index (χ4n) is 2.83. The van der Waals surface area contributed by atoms with Gasteiger partial charge in [-0.2, -0.15) is 0 Å². The third-order valence-electron chi connectivity index (χ3n) is 4.14. The molecule has 1 aromatic carbocycles. The molecule has 120 valence electrons. The van der Waals surface area contributed by atoms with Crippen LogP contribution in [0.25, 0.3) is 0 Å². The van der Waals surface area contributed by atoms with Gasteiger partial charge in [-0.15, -0.1) is 0 Å². The summed E-state index contributed by atoms with van der Waals surface area (Å²) in [6.45, 7) is 11.4. The quantitative estimate of drug-likeness (QED) is 0.683. The zero-order chi connectivity index (χ0) is 15.7. The minimum Gasteiger partial charge on any atom is -0.497 e. The summed E-state index contributed by atoms with van der Waals surface area (Å²) in [5.41, 5.74) is 1.38. The average molecular weight is 291 g/mol. The van der Waals surface area contributed by atoms with E-state index in [1.807, 2.05) is 6.07 Å². The number of nitrogens with one attached hydrogen (secondary N) is 1. The largest absolute Gasteiger partial charge is 0.497 e.